The van der Waals surface area contributed by atoms with Crippen molar-refractivity contribution < 1.29 is 9.52 Å². The Balaban J connectivity index is 2.74. The molecule has 0 unspecified atom stereocenters. The third-order valence-corrected chi connectivity index (χ3v) is 1.32. The van der Waals surface area contributed by atoms with Gasteiger partial charge in [0.05, 0.1) is 12.6 Å². The predicted octanol–water partition coefficient (Wildman–Crippen LogP) is 0.580. The Morgan fingerprint density at radius 2 is 2.40 bits per heavy atom. The number of rotatable bonds is 2. The Morgan fingerprint density at radius 3 is 2.80 bits per heavy atom. The zero-order valence-corrected chi connectivity index (χ0v) is 5.87. The summed E-state index contributed by atoms with van der Waals surface area (Å²) in [7, 11) is 0. The van der Waals surface area contributed by atoms with Crippen LogP contribution in [0.25, 0.3) is 0 Å². The Labute approximate surface area is 59.5 Å². The molecule has 0 aliphatic carbocycles. The molecule has 0 bridgehead atoms. The summed E-state index contributed by atoms with van der Waals surface area (Å²) in [6.07, 6.45) is 0. The van der Waals surface area contributed by atoms with Gasteiger partial charge >= 0.3 is 0 Å². The molecule has 0 fully saturated rings. The first-order valence-electron chi connectivity index (χ1n) is 3.17. The van der Waals surface area contributed by atoms with Gasteiger partial charge in [0.1, 0.15) is 11.5 Å². The lowest BCUT2D eigenvalue weighted by atomic mass is 10.2. The Hall–Kier alpha value is -0.800. The van der Waals surface area contributed by atoms with Gasteiger partial charge in [0.2, 0.25) is 0 Å². The lowest BCUT2D eigenvalue weighted by molar-refractivity contribution is 0.250. The fourth-order valence-corrected chi connectivity index (χ4v) is 0.743. The lowest BCUT2D eigenvalue weighted by Crippen LogP contribution is -2.13. The van der Waals surface area contributed by atoms with E-state index in [0.717, 1.165) is 5.76 Å². The van der Waals surface area contributed by atoms with Crippen LogP contribution in [-0.2, 0) is 0 Å². The number of hydrogen-bond acceptors (Lipinski definition) is 3. The molecular weight excluding hydrogens is 130 g/mol. The standard InChI is InChI=1S/C7H11NO2/c1-5-2-3-7(10-5)6(8)4-9/h2-3,6,9H,4,8H2,1H3/t6-/m1/s1. The first kappa shape index (κ1) is 7.31. The number of aliphatic hydroxyl groups excluding tert-OH is 1. The Kier molecular flexibility index (Phi) is 2.09. The number of aryl methyl sites for hydroxylation is 1. The van der Waals surface area contributed by atoms with Crippen molar-refractivity contribution in [2.24, 2.45) is 5.73 Å². The molecule has 1 atom stereocenters. The minimum Gasteiger partial charge on any atom is -0.465 e. The highest BCUT2D eigenvalue weighted by Crippen LogP contribution is 2.12. The first-order valence-corrected chi connectivity index (χ1v) is 3.17. The van der Waals surface area contributed by atoms with Gasteiger partial charge in [-0.1, -0.05) is 0 Å². The highest BCUT2D eigenvalue weighted by atomic mass is 16.3. The van der Waals surface area contributed by atoms with Crippen molar-refractivity contribution in [3.05, 3.63) is 23.7 Å². The van der Waals surface area contributed by atoms with E-state index in [-0.39, 0.29) is 12.6 Å². The summed E-state index contributed by atoms with van der Waals surface area (Å²) in [6.45, 7) is 1.76. The van der Waals surface area contributed by atoms with Gasteiger partial charge in [0.25, 0.3) is 0 Å². The molecule has 1 rings (SSSR count). The molecule has 1 aromatic rings. The molecular formula is C7H11NO2. The highest BCUT2D eigenvalue weighted by Gasteiger charge is 2.06. The molecule has 0 spiro atoms. The van der Waals surface area contributed by atoms with Crippen molar-refractivity contribution in [1.82, 2.24) is 0 Å². The Bertz CT molecular complexity index is 207. The van der Waals surface area contributed by atoms with Gasteiger partial charge in [-0.05, 0) is 19.1 Å². The molecule has 0 aliphatic heterocycles. The molecule has 3 heteroatoms. The van der Waals surface area contributed by atoms with Crippen molar-refractivity contribution in [3.8, 4) is 0 Å². The number of aliphatic hydroxyl groups is 1. The van der Waals surface area contributed by atoms with E-state index in [4.69, 9.17) is 15.3 Å². The molecule has 3 nitrogen and oxygen atoms in total. The largest absolute Gasteiger partial charge is 0.465 e. The number of hydrogen-bond donors (Lipinski definition) is 2. The van der Waals surface area contributed by atoms with Crippen LogP contribution in [0.4, 0.5) is 0 Å². The second-order valence-electron chi connectivity index (χ2n) is 2.24. The highest BCUT2D eigenvalue weighted by molar-refractivity contribution is 5.08. The van der Waals surface area contributed by atoms with Gasteiger partial charge in [0.15, 0.2) is 0 Å². The van der Waals surface area contributed by atoms with E-state index >= 15 is 0 Å². The minimum absolute atomic E-state index is 0.0764. The summed E-state index contributed by atoms with van der Waals surface area (Å²) in [4.78, 5) is 0. The number of furan rings is 1. The topological polar surface area (TPSA) is 59.4 Å². The molecule has 0 saturated carbocycles. The summed E-state index contributed by atoms with van der Waals surface area (Å²) < 4.78 is 5.15. The van der Waals surface area contributed by atoms with Crippen LogP contribution < -0.4 is 5.73 Å². The molecule has 1 aromatic heterocycles. The van der Waals surface area contributed by atoms with E-state index in [1.165, 1.54) is 0 Å². The van der Waals surface area contributed by atoms with E-state index in [0.29, 0.717) is 5.76 Å². The van der Waals surface area contributed by atoms with Gasteiger partial charge in [-0.15, -0.1) is 0 Å². The van der Waals surface area contributed by atoms with Crippen LogP contribution in [0, 0.1) is 6.92 Å². The average Bonchev–Trinajstić information content (AvgIpc) is 2.34. The summed E-state index contributed by atoms with van der Waals surface area (Å²) >= 11 is 0. The van der Waals surface area contributed by atoms with Crippen LogP contribution in [0.5, 0.6) is 0 Å². The molecule has 0 amide bonds. The maximum Gasteiger partial charge on any atom is 0.123 e. The van der Waals surface area contributed by atoms with E-state index < -0.39 is 0 Å². The third kappa shape index (κ3) is 1.37. The van der Waals surface area contributed by atoms with Crippen LogP contribution in [0.3, 0.4) is 0 Å². The smallest absolute Gasteiger partial charge is 0.123 e. The van der Waals surface area contributed by atoms with E-state index in [2.05, 4.69) is 0 Å². The van der Waals surface area contributed by atoms with Gasteiger partial charge in [-0.2, -0.15) is 0 Å². The maximum absolute atomic E-state index is 8.61. The SMILES string of the molecule is Cc1ccc([C@H](N)CO)o1. The van der Waals surface area contributed by atoms with Crippen molar-refractivity contribution in [1.29, 1.82) is 0 Å². The fraction of sp³-hybridized carbons (Fsp3) is 0.429. The lowest BCUT2D eigenvalue weighted by Gasteiger charge is -2.01. The van der Waals surface area contributed by atoms with Crippen molar-refractivity contribution in [2.75, 3.05) is 6.61 Å². The van der Waals surface area contributed by atoms with E-state index in [1.807, 2.05) is 13.0 Å². The Morgan fingerprint density at radius 1 is 1.70 bits per heavy atom. The molecule has 0 aliphatic rings. The summed E-state index contributed by atoms with van der Waals surface area (Å²) in [6, 6.07) is 3.22. The molecule has 3 N–H and O–H groups in total. The number of nitrogens with two attached hydrogens (primary N) is 1. The van der Waals surface area contributed by atoms with Gasteiger partial charge < -0.3 is 15.3 Å². The fourth-order valence-electron chi connectivity index (χ4n) is 0.743. The van der Waals surface area contributed by atoms with Crippen LogP contribution in [0.15, 0.2) is 16.5 Å². The van der Waals surface area contributed by atoms with Crippen LogP contribution in [0.2, 0.25) is 0 Å². The zero-order chi connectivity index (χ0) is 7.56. The maximum atomic E-state index is 8.61. The second-order valence-corrected chi connectivity index (χ2v) is 2.24. The quantitative estimate of drug-likeness (QED) is 0.633. The normalized spacial score (nSPS) is 13.5. The van der Waals surface area contributed by atoms with Crippen LogP contribution in [-0.4, -0.2) is 11.7 Å². The molecule has 10 heavy (non-hydrogen) atoms. The summed E-state index contributed by atoms with van der Waals surface area (Å²) in [5, 5.41) is 8.61. The second kappa shape index (κ2) is 2.86. The summed E-state index contributed by atoms with van der Waals surface area (Å²) in [5.74, 6) is 1.46. The van der Waals surface area contributed by atoms with E-state index in [9.17, 15) is 0 Å². The predicted molar refractivity (Wildman–Crippen MR) is 37.5 cm³/mol. The summed E-state index contributed by atoms with van der Waals surface area (Å²) in [5.41, 5.74) is 5.46. The molecule has 56 valence electrons. The first-order chi connectivity index (χ1) is 4.74. The monoisotopic (exact) mass is 141 g/mol. The van der Waals surface area contributed by atoms with Gasteiger partial charge in [-0.25, -0.2) is 0 Å². The molecule has 1 heterocycles. The zero-order valence-electron chi connectivity index (χ0n) is 5.87. The third-order valence-electron chi connectivity index (χ3n) is 1.32. The van der Waals surface area contributed by atoms with Crippen molar-refractivity contribution in [3.63, 3.8) is 0 Å². The van der Waals surface area contributed by atoms with Crippen LogP contribution in [0.1, 0.15) is 17.6 Å². The van der Waals surface area contributed by atoms with Crippen LogP contribution >= 0.6 is 0 Å². The molecule has 0 aromatic carbocycles. The molecule has 0 saturated heterocycles. The minimum atomic E-state index is -0.381. The van der Waals surface area contributed by atoms with Crippen molar-refractivity contribution >= 4 is 0 Å². The van der Waals surface area contributed by atoms with E-state index in [1.54, 1.807) is 6.07 Å². The molecule has 0 radical (unpaired) electrons. The van der Waals surface area contributed by atoms with Gasteiger partial charge in [-0.3, -0.25) is 0 Å². The van der Waals surface area contributed by atoms with Crippen molar-refractivity contribution in [2.45, 2.75) is 13.0 Å². The average molecular weight is 141 g/mol. The van der Waals surface area contributed by atoms with Gasteiger partial charge in [0, 0.05) is 0 Å².